The van der Waals surface area contributed by atoms with E-state index in [-0.39, 0.29) is 31.5 Å². The van der Waals surface area contributed by atoms with Gasteiger partial charge in [-0.05, 0) is 12.8 Å². The van der Waals surface area contributed by atoms with E-state index in [0.717, 1.165) is 0 Å². The summed E-state index contributed by atoms with van der Waals surface area (Å²) in [5.74, 6) is -1.12. The lowest BCUT2D eigenvalue weighted by atomic mass is 10.2. The van der Waals surface area contributed by atoms with Crippen molar-refractivity contribution in [3.63, 3.8) is 0 Å². The van der Waals surface area contributed by atoms with Crippen LogP contribution in [0.1, 0.15) is 19.3 Å². The van der Waals surface area contributed by atoms with Crippen molar-refractivity contribution in [2.24, 2.45) is 0 Å². The number of urea groups is 1. The summed E-state index contributed by atoms with van der Waals surface area (Å²) in [5.41, 5.74) is 0. The summed E-state index contributed by atoms with van der Waals surface area (Å²) < 4.78 is 5.23. The second-order valence-electron chi connectivity index (χ2n) is 4.22. The van der Waals surface area contributed by atoms with Crippen LogP contribution in [-0.4, -0.2) is 55.4 Å². The van der Waals surface area contributed by atoms with Gasteiger partial charge in [-0.15, -0.1) is 0 Å². The maximum Gasteiger partial charge on any atom is 0.332 e. The molecule has 19 heavy (non-hydrogen) atoms. The van der Waals surface area contributed by atoms with Crippen molar-refractivity contribution in [1.29, 1.82) is 0 Å². The third kappa shape index (κ3) is 5.56. The first-order valence-electron chi connectivity index (χ1n) is 6.13. The molecule has 0 spiro atoms. The number of aliphatic carboxylic acids is 1. The molecule has 0 aliphatic carbocycles. The molecule has 1 saturated heterocycles. The Hall–Kier alpha value is -1.83. The van der Waals surface area contributed by atoms with E-state index >= 15 is 0 Å². The first-order chi connectivity index (χ1) is 9.02. The van der Waals surface area contributed by atoms with Crippen LogP contribution in [0.15, 0.2) is 0 Å². The molecule has 0 aromatic heterocycles. The normalized spacial score (nSPS) is 21.7. The summed E-state index contributed by atoms with van der Waals surface area (Å²) in [6.45, 7) is 0.504. The van der Waals surface area contributed by atoms with Crippen LogP contribution in [0.5, 0.6) is 0 Å². The van der Waals surface area contributed by atoms with E-state index in [9.17, 15) is 14.4 Å². The summed E-state index contributed by atoms with van der Waals surface area (Å²) in [7, 11) is 1.53. The van der Waals surface area contributed by atoms with Crippen molar-refractivity contribution in [3.05, 3.63) is 0 Å². The van der Waals surface area contributed by atoms with Crippen LogP contribution >= 0.6 is 0 Å². The fourth-order valence-corrected chi connectivity index (χ4v) is 1.72. The molecular weight excluding hydrogens is 254 g/mol. The number of ether oxygens (including phenoxy) is 1. The topological polar surface area (TPSA) is 117 Å². The van der Waals surface area contributed by atoms with Crippen LogP contribution in [-0.2, 0) is 14.3 Å². The quantitative estimate of drug-likeness (QED) is 0.498. The molecular formula is C11H19N3O5. The zero-order valence-electron chi connectivity index (χ0n) is 10.8. The van der Waals surface area contributed by atoms with Gasteiger partial charge in [0, 0.05) is 26.6 Å². The Bertz CT molecular complexity index is 347. The van der Waals surface area contributed by atoms with Gasteiger partial charge in [0.2, 0.25) is 5.91 Å². The molecule has 0 saturated carbocycles. The van der Waals surface area contributed by atoms with Crippen LogP contribution in [0.4, 0.5) is 4.79 Å². The summed E-state index contributed by atoms with van der Waals surface area (Å²) in [6.07, 6.45) is 0.231. The summed E-state index contributed by atoms with van der Waals surface area (Å²) in [4.78, 5) is 32.9. The second-order valence-corrected chi connectivity index (χ2v) is 4.22. The number of carboxylic acid groups (broad SMARTS) is 1. The Balaban J connectivity index is 2.11. The van der Waals surface area contributed by atoms with Crippen LogP contribution in [0.2, 0.25) is 0 Å². The number of nitrogens with one attached hydrogen (secondary N) is 3. The third-order valence-corrected chi connectivity index (χ3v) is 2.79. The molecule has 0 aromatic rings. The lowest BCUT2D eigenvalue weighted by Gasteiger charge is -2.12. The highest BCUT2D eigenvalue weighted by atomic mass is 16.5. The number of carbonyl (C=O) groups excluding carboxylic acids is 2. The molecule has 4 N–H and O–H groups in total. The molecule has 8 heteroatoms. The number of carbonyl (C=O) groups is 3. The smallest absolute Gasteiger partial charge is 0.332 e. The number of amides is 3. The molecule has 2 atom stereocenters. The maximum absolute atomic E-state index is 11.4. The second kappa shape index (κ2) is 7.57. The van der Waals surface area contributed by atoms with Gasteiger partial charge in [0.15, 0.2) is 6.10 Å². The van der Waals surface area contributed by atoms with Gasteiger partial charge in [-0.3, -0.25) is 4.79 Å². The van der Waals surface area contributed by atoms with Crippen molar-refractivity contribution in [1.82, 2.24) is 16.0 Å². The Morgan fingerprint density at radius 3 is 2.58 bits per heavy atom. The Morgan fingerprint density at radius 2 is 2.00 bits per heavy atom. The van der Waals surface area contributed by atoms with Gasteiger partial charge >= 0.3 is 12.0 Å². The Kier molecular flexibility index (Phi) is 6.07. The fourth-order valence-electron chi connectivity index (χ4n) is 1.72. The van der Waals surface area contributed by atoms with Gasteiger partial charge < -0.3 is 25.8 Å². The number of rotatable bonds is 6. The first kappa shape index (κ1) is 15.2. The molecule has 1 rings (SSSR count). The van der Waals surface area contributed by atoms with Crippen LogP contribution < -0.4 is 16.0 Å². The Morgan fingerprint density at radius 1 is 1.26 bits per heavy atom. The third-order valence-electron chi connectivity index (χ3n) is 2.79. The highest BCUT2D eigenvalue weighted by Gasteiger charge is 2.30. The van der Waals surface area contributed by atoms with Gasteiger partial charge in [-0.2, -0.15) is 0 Å². The van der Waals surface area contributed by atoms with E-state index in [0.29, 0.717) is 12.8 Å². The molecule has 0 aromatic carbocycles. The molecule has 2 unspecified atom stereocenters. The standard InChI is InChI=1S/C11H19N3O5/c1-12-9(15)4-5-13-11(18)14-6-7-2-3-8(19-7)10(16)17/h7-8H,2-6H2,1H3,(H,12,15)(H,16,17)(H2,13,14,18). The maximum atomic E-state index is 11.4. The van der Waals surface area contributed by atoms with Gasteiger partial charge in [0.05, 0.1) is 6.10 Å². The first-order valence-corrected chi connectivity index (χ1v) is 6.13. The zero-order chi connectivity index (χ0) is 14.3. The SMILES string of the molecule is CNC(=O)CCNC(=O)NCC1CCC(C(=O)O)O1. The summed E-state index contributed by atoms with van der Waals surface area (Å²) >= 11 is 0. The number of carboxylic acids is 1. The van der Waals surface area contributed by atoms with E-state index in [1.807, 2.05) is 0 Å². The lowest BCUT2D eigenvalue weighted by Crippen LogP contribution is -2.41. The van der Waals surface area contributed by atoms with Crippen molar-refractivity contribution in [3.8, 4) is 0 Å². The molecule has 3 amide bonds. The van der Waals surface area contributed by atoms with Crippen molar-refractivity contribution >= 4 is 17.9 Å². The molecule has 108 valence electrons. The van der Waals surface area contributed by atoms with Crippen molar-refractivity contribution in [2.75, 3.05) is 20.1 Å². The Labute approximate surface area is 110 Å². The summed E-state index contributed by atoms with van der Waals surface area (Å²) in [6, 6.07) is -0.397. The minimum absolute atomic E-state index is 0.149. The highest BCUT2D eigenvalue weighted by molar-refractivity contribution is 5.77. The van der Waals surface area contributed by atoms with Crippen LogP contribution in [0.25, 0.3) is 0 Å². The zero-order valence-corrected chi connectivity index (χ0v) is 10.8. The monoisotopic (exact) mass is 273 g/mol. The predicted molar refractivity (Wildman–Crippen MR) is 65.6 cm³/mol. The fraction of sp³-hybridized carbons (Fsp3) is 0.727. The molecule has 1 fully saturated rings. The number of hydrogen-bond acceptors (Lipinski definition) is 4. The summed E-state index contributed by atoms with van der Waals surface area (Å²) in [5, 5.41) is 16.3. The van der Waals surface area contributed by atoms with Crippen molar-refractivity contribution in [2.45, 2.75) is 31.5 Å². The molecule has 0 radical (unpaired) electrons. The average molecular weight is 273 g/mol. The van der Waals surface area contributed by atoms with E-state index < -0.39 is 18.1 Å². The average Bonchev–Trinajstić information content (AvgIpc) is 2.85. The van der Waals surface area contributed by atoms with Crippen molar-refractivity contribution < 1.29 is 24.2 Å². The molecule has 1 aliphatic heterocycles. The highest BCUT2D eigenvalue weighted by Crippen LogP contribution is 2.18. The largest absolute Gasteiger partial charge is 0.479 e. The van der Waals surface area contributed by atoms with Crippen LogP contribution in [0.3, 0.4) is 0 Å². The van der Waals surface area contributed by atoms with E-state index in [1.54, 1.807) is 0 Å². The molecule has 1 aliphatic rings. The number of hydrogen-bond donors (Lipinski definition) is 4. The van der Waals surface area contributed by atoms with Gasteiger partial charge in [-0.1, -0.05) is 0 Å². The van der Waals surface area contributed by atoms with E-state index in [1.165, 1.54) is 7.05 Å². The van der Waals surface area contributed by atoms with Gasteiger partial charge in [0.25, 0.3) is 0 Å². The van der Waals surface area contributed by atoms with Gasteiger partial charge in [0.1, 0.15) is 0 Å². The minimum Gasteiger partial charge on any atom is -0.479 e. The van der Waals surface area contributed by atoms with E-state index in [4.69, 9.17) is 9.84 Å². The lowest BCUT2D eigenvalue weighted by molar-refractivity contribution is -0.149. The predicted octanol–water partition coefficient (Wildman–Crippen LogP) is -0.946. The molecule has 1 heterocycles. The van der Waals surface area contributed by atoms with E-state index in [2.05, 4.69) is 16.0 Å². The van der Waals surface area contributed by atoms with Crippen LogP contribution in [0, 0.1) is 0 Å². The van der Waals surface area contributed by atoms with Gasteiger partial charge in [-0.25, -0.2) is 9.59 Å². The molecule has 0 bridgehead atoms. The molecule has 8 nitrogen and oxygen atoms in total. The minimum atomic E-state index is -0.975.